The Morgan fingerprint density at radius 1 is 0.957 bits per heavy atom. The van der Waals surface area contributed by atoms with E-state index in [0.29, 0.717) is 0 Å². The molecule has 23 heavy (non-hydrogen) atoms. The fraction of sp³-hybridized carbons (Fsp3) is 0. The van der Waals surface area contributed by atoms with E-state index in [0.717, 1.165) is 41.5 Å². The minimum atomic E-state index is 0.755. The van der Waals surface area contributed by atoms with E-state index in [1.54, 1.807) is 6.33 Å². The summed E-state index contributed by atoms with van der Waals surface area (Å²) >= 11 is 10.7. The molecule has 1 N–H and O–H groups in total. The largest absolute Gasteiger partial charge is 0.337 e. The van der Waals surface area contributed by atoms with Crippen molar-refractivity contribution in [1.29, 1.82) is 0 Å². The Bertz CT molecular complexity index is 1020. The van der Waals surface area contributed by atoms with E-state index in [-0.39, 0.29) is 0 Å². The van der Waals surface area contributed by atoms with Crippen LogP contribution in [0.4, 0.5) is 11.5 Å². The predicted octanol–water partition coefficient (Wildman–Crippen LogP) is 5.91. The van der Waals surface area contributed by atoms with Crippen molar-refractivity contribution in [1.82, 2.24) is 14.4 Å². The Labute approximate surface area is 157 Å². The fourth-order valence-corrected chi connectivity index (χ4v) is 4.93. The van der Waals surface area contributed by atoms with E-state index in [9.17, 15) is 0 Å². The van der Waals surface area contributed by atoms with Crippen molar-refractivity contribution in [3.05, 3.63) is 62.3 Å². The first-order chi connectivity index (χ1) is 11.1. The van der Waals surface area contributed by atoms with Gasteiger partial charge in [0.1, 0.15) is 5.52 Å². The zero-order valence-electron chi connectivity index (χ0n) is 11.6. The number of nitrogens with zero attached hydrogens (tertiary/aromatic N) is 3. The first kappa shape index (κ1) is 15.1. The summed E-state index contributed by atoms with van der Waals surface area (Å²) in [7, 11) is 0. The second-order valence-corrected chi connectivity index (χ2v) is 7.59. The lowest BCUT2D eigenvalue weighted by atomic mass is 10.3. The summed E-state index contributed by atoms with van der Waals surface area (Å²) in [5.41, 5.74) is 3.77. The number of benzene rings is 2. The monoisotopic (exact) mass is 494 g/mol. The molecule has 4 nitrogen and oxygen atoms in total. The van der Waals surface area contributed by atoms with Gasteiger partial charge in [-0.05, 0) is 56.1 Å². The number of halogens is 3. The number of nitrogens with one attached hydrogen (secondary N) is 1. The van der Waals surface area contributed by atoms with Gasteiger partial charge in [0.15, 0.2) is 5.82 Å². The summed E-state index contributed by atoms with van der Waals surface area (Å²) in [6.45, 7) is 0. The zero-order chi connectivity index (χ0) is 16.0. The van der Waals surface area contributed by atoms with Crippen LogP contribution in [0.3, 0.4) is 0 Å². The van der Waals surface area contributed by atoms with Crippen LogP contribution in [-0.4, -0.2) is 14.4 Å². The number of fused-ring (bicyclic) bond motifs is 3. The van der Waals surface area contributed by atoms with Gasteiger partial charge in [-0.1, -0.05) is 28.1 Å². The molecule has 2 aromatic heterocycles. The molecule has 114 valence electrons. The highest BCUT2D eigenvalue weighted by molar-refractivity contribution is 9.11. The van der Waals surface area contributed by atoms with Gasteiger partial charge in [0, 0.05) is 13.4 Å². The van der Waals surface area contributed by atoms with Crippen molar-refractivity contribution in [2.24, 2.45) is 0 Å². The minimum Gasteiger partial charge on any atom is -0.337 e. The molecule has 0 bridgehead atoms. The molecular formula is C16H9Br3N4. The number of hydrogen-bond acceptors (Lipinski definition) is 3. The summed E-state index contributed by atoms with van der Waals surface area (Å²) in [5, 5.41) is 3.40. The quantitative estimate of drug-likeness (QED) is 0.375. The first-order valence-corrected chi connectivity index (χ1v) is 9.14. The highest BCUT2D eigenvalue weighted by atomic mass is 79.9. The Balaban J connectivity index is 1.93. The van der Waals surface area contributed by atoms with Crippen molar-refractivity contribution < 1.29 is 0 Å². The van der Waals surface area contributed by atoms with Crippen LogP contribution in [0.25, 0.3) is 16.6 Å². The SMILES string of the molecule is Brc1cc(Br)c(Nc2nc3ccccc3n3cncc23)c(Br)c1. The van der Waals surface area contributed by atoms with Gasteiger partial charge in [0.05, 0.1) is 29.2 Å². The lowest BCUT2D eigenvalue weighted by Gasteiger charge is -2.13. The topological polar surface area (TPSA) is 42.2 Å². The normalized spacial score (nSPS) is 11.3. The van der Waals surface area contributed by atoms with Gasteiger partial charge in [0.25, 0.3) is 0 Å². The highest BCUT2D eigenvalue weighted by Crippen LogP contribution is 2.37. The van der Waals surface area contributed by atoms with E-state index in [2.05, 4.69) is 58.1 Å². The second-order valence-electron chi connectivity index (χ2n) is 4.97. The Morgan fingerprint density at radius 2 is 1.70 bits per heavy atom. The number of anilines is 2. The number of para-hydroxylation sites is 2. The maximum Gasteiger partial charge on any atom is 0.157 e. The fourth-order valence-electron chi connectivity index (χ4n) is 2.47. The summed E-state index contributed by atoms with van der Waals surface area (Å²) in [6, 6.07) is 12.0. The van der Waals surface area contributed by atoms with Gasteiger partial charge < -0.3 is 5.32 Å². The molecule has 7 heteroatoms. The third kappa shape index (κ3) is 2.66. The molecule has 0 radical (unpaired) electrons. The van der Waals surface area contributed by atoms with Gasteiger partial charge in [-0.3, -0.25) is 4.40 Å². The second kappa shape index (κ2) is 5.89. The van der Waals surface area contributed by atoms with E-state index in [1.807, 2.05) is 47.0 Å². The van der Waals surface area contributed by atoms with Gasteiger partial charge >= 0.3 is 0 Å². The highest BCUT2D eigenvalue weighted by Gasteiger charge is 2.12. The summed E-state index contributed by atoms with van der Waals surface area (Å²) in [5.74, 6) is 0.755. The van der Waals surface area contributed by atoms with Crippen LogP contribution in [0, 0.1) is 0 Å². The molecule has 0 saturated carbocycles. The maximum atomic E-state index is 4.75. The van der Waals surface area contributed by atoms with E-state index < -0.39 is 0 Å². The molecule has 2 heterocycles. The van der Waals surface area contributed by atoms with E-state index in [4.69, 9.17) is 4.98 Å². The molecule has 0 aliphatic heterocycles. The van der Waals surface area contributed by atoms with E-state index >= 15 is 0 Å². The van der Waals surface area contributed by atoms with Crippen molar-refractivity contribution in [3.63, 3.8) is 0 Å². The molecule has 0 saturated heterocycles. The number of rotatable bonds is 2. The van der Waals surface area contributed by atoms with Crippen LogP contribution < -0.4 is 5.32 Å². The van der Waals surface area contributed by atoms with Crippen LogP contribution in [-0.2, 0) is 0 Å². The predicted molar refractivity (Wildman–Crippen MR) is 103 cm³/mol. The van der Waals surface area contributed by atoms with E-state index in [1.165, 1.54) is 0 Å². The Kier molecular flexibility index (Phi) is 3.87. The van der Waals surface area contributed by atoms with Crippen LogP contribution in [0.2, 0.25) is 0 Å². The third-order valence-corrected chi connectivity index (χ3v) is 5.21. The molecule has 0 aliphatic carbocycles. The maximum absolute atomic E-state index is 4.75. The van der Waals surface area contributed by atoms with Crippen LogP contribution in [0.1, 0.15) is 0 Å². The smallest absolute Gasteiger partial charge is 0.157 e. The molecule has 0 aliphatic rings. The molecule has 0 amide bonds. The lowest BCUT2D eigenvalue weighted by molar-refractivity contribution is 1.19. The summed E-state index contributed by atoms with van der Waals surface area (Å²) < 4.78 is 4.89. The molecule has 4 rings (SSSR count). The summed E-state index contributed by atoms with van der Waals surface area (Å²) in [6.07, 6.45) is 3.61. The number of hydrogen-bond donors (Lipinski definition) is 1. The van der Waals surface area contributed by atoms with Crippen molar-refractivity contribution in [2.45, 2.75) is 0 Å². The molecule has 4 aromatic rings. The zero-order valence-corrected chi connectivity index (χ0v) is 16.4. The molecule has 0 unspecified atom stereocenters. The van der Waals surface area contributed by atoms with Crippen molar-refractivity contribution in [2.75, 3.05) is 5.32 Å². The summed E-state index contributed by atoms with van der Waals surface area (Å²) in [4.78, 5) is 9.01. The van der Waals surface area contributed by atoms with Crippen LogP contribution >= 0.6 is 47.8 Å². The first-order valence-electron chi connectivity index (χ1n) is 6.76. The molecule has 2 aromatic carbocycles. The molecule has 0 spiro atoms. The Morgan fingerprint density at radius 3 is 2.48 bits per heavy atom. The number of imidazole rings is 1. The van der Waals surface area contributed by atoms with Crippen LogP contribution in [0.15, 0.2) is 62.3 Å². The molecule has 0 atom stereocenters. The van der Waals surface area contributed by atoms with Gasteiger partial charge in [-0.15, -0.1) is 0 Å². The minimum absolute atomic E-state index is 0.755. The number of aromatic nitrogens is 3. The Hall–Kier alpha value is -1.44. The lowest BCUT2D eigenvalue weighted by Crippen LogP contribution is -2.00. The average molecular weight is 497 g/mol. The third-order valence-electron chi connectivity index (χ3n) is 3.50. The van der Waals surface area contributed by atoms with Gasteiger partial charge in [0.2, 0.25) is 0 Å². The van der Waals surface area contributed by atoms with Gasteiger partial charge in [-0.2, -0.15) is 0 Å². The van der Waals surface area contributed by atoms with Crippen molar-refractivity contribution in [3.8, 4) is 0 Å². The van der Waals surface area contributed by atoms with Crippen molar-refractivity contribution >= 4 is 75.8 Å². The molecule has 0 fully saturated rings. The van der Waals surface area contributed by atoms with Gasteiger partial charge in [-0.25, -0.2) is 9.97 Å². The van der Waals surface area contributed by atoms with Crippen LogP contribution in [0.5, 0.6) is 0 Å². The molecular weight excluding hydrogens is 488 g/mol. The standard InChI is InChI=1S/C16H9Br3N4/c17-9-5-10(18)15(11(19)6-9)22-16-14-7-20-8-23(14)13-4-2-1-3-12(13)21-16/h1-8H,(H,21,22). The average Bonchev–Trinajstić information content (AvgIpc) is 3.00.